The third-order valence-corrected chi connectivity index (χ3v) is 6.59. The van der Waals surface area contributed by atoms with Crippen LogP contribution < -0.4 is 5.32 Å². The second kappa shape index (κ2) is 9.78. The first kappa shape index (κ1) is 23.5. The maximum atomic E-state index is 13.3. The molecule has 5 nitrogen and oxygen atoms in total. The molecule has 0 aliphatic heterocycles. The van der Waals surface area contributed by atoms with Gasteiger partial charge in [0.1, 0.15) is 0 Å². The molecule has 2 aromatic heterocycles. The summed E-state index contributed by atoms with van der Waals surface area (Å²) in [4.78, 5) is 18.2. The van der Waals surface area contributed by atoms with E-state index >= 15 is 0 Å². The van der Waals surface area contributed by atoms with Gasteiger partial charge in [-0.3, -0.25) is 4.79 Å². The molecule has 5 heteroatoms. The Morgan fingerprint density at radius 3 is 2.47 bits per heavy atom. The topological polar surface area (TPSA) is 59.8 Å². The predicted octanol–water partition coefficient (Wildman–Crippen LogP) is 6.76. The van der Waals surface area contributed by atoms with Crippen LogP contribution in [0.4, 0.5) is 0 Å². The highest BCUT2D eigenvalue weighted by Crippen LogP contribution is 2.28. The first-order valence-corrected chi connectivity index (χ1v) is 12.3. The van der Waals surface area contributed by atoms with Gasteiger partial charge in [0.05, 0.1) is 34.4 Å². The van der Waals surface area contributed by atoms with Crippen LogP contribution in [0.5, 0.6) is 0 Å². The van der Waals surface area contributed by atoms with Crippen molar-refractivity contribution in [1.82, 2.24) is 20.1 Å². The van der Waals surface area contributed by atoms with Gasteiger partial charge in [0.2, 0.25) is 0 Å². The molecule has 0 bridgehead atoms. The van der Waals surface area contributed by atoms with E-state index < -0.39 is 0 Å². The molecule has 1 N–H and O–H groups in total. The van der Waals surface area contributed by atoms with E-state index in [-0.39, 0.29) is 5.91 Å². The first-order chi connectivity index (χ1) is 17.4. The minimum absolute atomic E-state index is 0.120. The highest BCUT2D eigenvalue weighted by Gasteiger charge is 2.17. The molecule has 36 heavy (non-hydrogen) atoms. The van der Waals surface area contributed by atoms with Crippen LogP contribution in [0.2, 0.25) is 0 Å². The van der Waals surface area contributed by atoms with Crippen LogP contribution in [0.1, 0.15) is 52.5 Å². The number of carbonyl (C=O) groups excluding carboxylic acids is 1. The van der Waals surface area contributed by atoms with Crippen LogP contribution in [0.15, 0.2) is 85.1 Å². The quantitative estimate of drug-likeness (QED) is 0.296. The van der Waals surface area contributed by atoms with Crippen LogP contribution in [-0.4, -0.2) is 20.7 Å². The minimum atomic E-state index is -0.120. The third kappa shape index (κ3) is 4.65. The Labute approximate surface area is 211 Å². The van der Waals surface area contributed by atoms with Crippen LogP contribution in [0.3, 0.4) is 0 Å². The average Bonchev–Trinajstić information content (AvgIpc) is 3.27. The number of amides is 1. The smallest absolute Gasteiger partial charge is 0.252 e. The first-order valence-electron chi connectivity index (χ1n) is 12.3. The Morgan fingerprint density at radius 2 is 1.72 bits per heavy atom. The molecule has 1 amide bonds. The molecule has 0 atom stereocenters. The summed E-state index contributed by atoms with van der Waals surface area (Å²) in [5.41, 5.74) is 8.54. The van der Waals surface area contributed by atoms with Crippen molar-refractivity contribution < 1.29 is 4.79 Å². The van der Waals surface area contributed by atoms with Crippen LogP contribution in [0.25, 0.3) is 27.8 Å². The van der Waals surface area contributed by atoms with Gasteiger partial charge < -0.3 is 5.32 Å². The Morgan fingerprint density at radius 1 is 0.944 bits per heavy atom. The molecule has 0 unspecified atom stereocenters. The summed E-state index contributed by atoms with van der Waals surface area (Å²) in [5.74, 6) is 0.358. The number of carbonyl (C=O) groups is 1. The van der Waals surface area contributed by atoms with E-state index in [2.05, 4.69) is 67.6 Å². The van der Waals surface area contributed by atoms with Crippen LogP contribution >= 0.6 is 0 Å². The Balaban J connectivity index is 1.50. The van der Waals surface area contributed by atoms with Gasteiger partial charge in [0.15, 0.2) is 0 Å². The molecule has 180 valence electrons. The van der Waals surface area contributed by atoms with Crippen molar-refractivity contribution in [3.05, 3.63) is 113 Å². The Bertz CT molecular complexity index is 1550. The van der Waals surface area contributed by atoms with Crippen molar-refractivity contribution >= 4 is 16.8 Å². The normalized spacial score (nSPS) is 11.2. The average molecular weight is 475 g/mol. The summed E-state index contributed by atoms with van der Waals surface area (Å²) in [5, 5.41) is 8.57. The zero-order valence-electron chi connectivity index (χ0n) is 21.1. The Hall–Kier alpha value is -4.25. The van der Waals surface area contributed by atoms with Gasteiger partial charge >= 0.3 is 0 Å². The second-order valence-corrected chi connectivity index (χ2v) is 9.55. The molecule has 3 aromatic carbocycles. The van der Waals surface area contributed by atoms with E-state index in [9.17, 15) is 4.79 Å². The van der Waals surface area contributed by atoms with Crippen molar-refractivity contribution in [1.29, 1.82) is 0 Å². The van der Waals surface area contributed by atoms with Gasteiger partial charge in [0.25, 0.3) is 5.91 Å². The molecule has 0 spiro atoms. The predicted molar refractivity (Wildman–Crippen MR) is 145 cm³/mol. The number of fused-ring (bicyclic) bond motifs is 1. The van der Waals surface area contributed by atoms with Crippen LogP contribution in [-0.2, 0) is 6.54 Å². The van der Waals surface area contributed by atoms with E-state index in [1.807, 2.05) is 60.3 Å². The van der Waals surface area contributed by atoms with Crippen molar-refractivity contribution in [3.8, 4) is 16.9 Å². The minimum Gasteiger partial charge on any atom is -0.348 e. The van der Waals surface area contributed by atoms with Gasteiger partial charge in [-0.2, -0.15) is 5.10 Å². The van der Waals surface area contributed by atoms with Crippen molar-refractivity contribution in [2.45, 2.75) is 40.2 Å². The number of nitrogens with zero attached hydrogens (tertiary/aromatic N) is 3. The lowest BCUT2D eigenvalue weighted by Crippen LogP contribution is -2.23. The summed E-state index contributed by atoms with van der Waals surface area (Å²) in [6.07, 6.45) is 1.83. The molecule has 2 heterocycles. The molecular formula is C31H30N4O. The van der Waals surface area contributed by atoms with E-state index in [0.29, 0.717) is 18.0 Å². The largest absolute Gasteiger partial charge is 0.348 e. The van der Waals surface area contributed by atoms with E-state index in [4.69, 9.17) is 4.98 Å². The SMILES string of the molecule is Cc1cccc(CNC(=O)c2cc(-c3cnn(-c4ccc(C(C)C)cc4)c3C)nc3ccccc23)c1. The molecule has 0 radical (unpaired) electrons. The lowest BCUT2D eigenvalue weighted by Gasteiger charge is -2.12. The van der Waals surface area contributed by atoms with E-state index in [1.54, 1.807) is 0 Å². The standard InChI is InChI=1S/C31H30N4O/c1-20(2)24-12-14-25(15-13-24)35-22(4)28(19-33-35)30-17-27(26-10-5-6-11-29(26)34-30)31(36)32-18-23-9-7-8-21(3)16-23/h5-17,19-20H,18H2,1-4H3,(H,32,36). The zero-order valence-corrected chi connectivity index (χ0v) is 21.1. The molecule has 0 fully saturated rings. The number of nitrogens with one attached hydrogen (secondary N) is 1. The lowest BCUT2D eigenvalue weighted by atomic mass is 10.0. The fourth-order valence-corrected chi connectivity index (χ4v) is 4.52. The molecule has 0 saturated heterocycles. The van der Waals surface area contributed by atoms with Gasteiger partial charge in [-0.1, -0.05) is 74.0 Å². The highest BCUT2D eigenvalue weighted by atomic mass is 16.1. The van der Waals surface area contributed by atoms with Crippen molar-refractivity contribution in [3.63, 3.8) is 0 Å². The van der Waals surface area contributed by atoms with Gasteiger partial charge in [-0.15, -0.1) is 0 Å². The number of pyridine rings is 1. The molecule has 0 aliphatic rings. The monoisotopic (exact) mass is 474 g/mol. The highest BCUT2D eigenvalue weighted by molar-refractivity contribution is 6.07. The summed E-state index contributed by atoms with van der Waals surface area (Å²) in [7, 11) is 0. The number of hydrogen-bond acceptors (Lipinski definition) is 3. The second-order valence-electron chi connectivity index (χ2n) is 9.55. The maximum absolute atomic E-state index is 13.3. The van der Waals surface area contributed by atoms with Crippen LogP contribution in [0, 0.1) is 13.8 Å². The fourth-order valence-electron chi connectivity index (χ4n) is 4.52. The summed E-state index contributed by atoms with van der Waals surface area (Å²) in [6.45, 7) is 8.93. The van der Waals surface area contributed by atoms with E-state index in [0.717, 1.165) is 39.1 Å². The maximum Gasteiger partial charge on any atom is 0.252 e. The fraction of sp³-hybridized carbons (Fsp3) is 0.194. The molecule has 5 rings (SSSR count). The van der Waals surface area contributed by atoms with Gasteiger partial charge in [0, 0.05) is 17.5 Å². The number of benzene rings is 3. The number of aryl methyl sites for hydroxylation is 1. The van der Waals surface area contributed by atoms with Crippen molar-refractivity contribution in [2.75, 3.05) is 0 Å². The summed E-state index contributed by atoms with van der Waals surface area (Å²) >= 11 is 0. The van der Waals surface area contributed by atoms with Gasteiger partial charge in [-0.25, -0.2) is 9.67 Å². The molecule has 0 saturated carbocycles. The van der Waals surface area contributed by atoms with E-state index in [1.165, 1.54) is 11.1 Å². The Kier molecular flexibility index (Phi) is 6.38. The van der Waals surface area contributed by atoms with Gasteiger partial charge in [-0.05, 0) is 55.2 Å². The molecule has 5 aromatic rings. The molecule has 0 aliphatic carbocycles. The summed E-state index contributed by atoms with van der Waals surface area (Å²) < 4.78 is 1.92. The number of aromatic nitrogens is 3. The third-order valence-electron chi connectivity index (χ3n) is 6.59. The molecular weight excluding hydrogens is 444 g/mol. The zero-order chi connectivity index (χ0) is 25.2. The number of para-hydroxylation sites is 1. The lowest BCUT2D eigenvalue weighted by molar-refractivity contribution is 0.0952. The number of rotatable bonds is 6. The number of hydrogen-bond donors (Lipinski definition) is 1. The van der Waals surface area contributed by atoms with Crippen molar-refractivity contribution in [2.24, 2.45) is 0 Å². The summed E-state index contributed by atoms with van der Waals surface area (Å²) in [6, 6.07) is 26.3.